The van der Waals surface area contributed by atoms with E-state index in [2.05, 4.69) is 4.98 Å². The van der Waals surface area contributed by atoms with Gasteiger partial charge in [0.1, 0.15) is 5.56 Å². The number of carbonyl (C=O) groups excluding carboxylic acids is 1. The number of carbonyl (C=O) groups is 1. The molecule has 21 heavy (non-hydrogen) atoms. The smallest absolute Gasteiger partial charge is 0.367 e. The second kappa shape index (κ2) is 5.61. The topological polar surface area (TPSA) is 62.0 Å². The lowest BCUT2D eigenvalue weighted by atomic mass is 10.1. The number of pyridine rings is 1. The van der Waals surface area contributed by atoms with Gasteiger partial charge in [0.05, 0.1) is 16.3 Å². The van der Waals surface area contributed by atoms with Crippen LogP contribution in [0.3, 0.4) is 0 Å². The minimum absolute atomic E-state index is 0.273. The lowest BCUT2D eigenvalue weighted by Gasteiger charge is -2.14. The van der Waals surface area contributed by atoms with E-state index in [0.717, 1.165) is 24.4 Å². The van der Waals surface area contributed by atoms with Gasteiger partial charge in [-0.2, -0.15) is 13.2 Å². The van der Waals surface area contributed by atoms with Crippen molar-refractivity contribution in [2.24, 2.45) is 0 Å². The van der Waals surface area contributed by atoms with Gasteiger partial charge >= 0.3 is 6.18 Å². The molecule has 0 aliphatic rings. The molecule has 0 aliphatic heterocycles. The number of rotatable bonds is 2. The van der Waals surface area contributed by atoms with Crippen LogP contribution in [0.1, 0.15) is 15.9 Å². The third-order valence-corrected chi connectivity index (χ3v) is 2.94. The summed E-state index contributed by atoms with van der Waals surface area (Å²) in [7, 11) is 0. The molecule has 0 atom stereocenters. The number of amides is 1. The molecule has 1 heterocycles. The Kier molecular flexibility index (Phi) is 4.04. The van der Waals surface area contributed by atoms with Crippen LogP contribution in [-0.4, -0.2) is 10.9 Å². The lowest BCUT2D eigenvalue weighted by molar-refractivity contribution is -0.136. The summed E-state index contributed by atoms with van der Waals surface area (Å²) in [5.41, 5.74) is -2.60. The van der Waals surface area contributed by atoms with E-state index in [0.29, 0.717) is 0 Å². The fraction of sp³-hybridized carbons (Fsp3) is 0.0769. The number of para-hydroxylation sites is 1. The number of aromatic amines is 1. The van der Waals surface area contributed by atoms with Crippen molar-refractivity contribution in [3.8, 4) is 0 Å². The van der Waals surface area contributed by atoms with E-state index < -0.39 is 28.8 Å². The highest BCUT2D eigenvalue weighted by molar-refractivity contribution is 6.34. The van der Waals surface area contributed by atoms with Crippen molar-refractivity contribution in [1.82, 2.24) is 4.98 Å². The van der Waals surface area contributed by atoms with Crippen LogP contribution < -0.4 is 10.7 Å². The Morgan fingerprint density at radius 1 is 1.24 bits per heavy atom. The van der Waals surface area contributed by atoms with Crippen molar-refractivity contribution in [3.05, 3.63) is 63.0 Å². The predicted molar refractivity (Wildman–Crippen MR) is 71.5 cm³/mol. The van der Waals surface area contributed by atoms with Gasteiger partial charge in [-0.3, -0.25) is 9.59 Å². The minimum Gasteiger partial charge on any atom is -0.367 e. The first-order valence-corrected chi connectivity index (χ1v) is 6.02. The number of nitrogens with one attached hydrogen (secondary N) is 2. The van der Waals surface area contributed by atoms with Gasteiger partial charge in [-0.25, -0.2) is 0 Å². The number of hydrogen-bond donors (Lipinski definition) is 2. The van der Waals surface area contributed by atoms with E-state index in [4.69, 9.17) is 11.6 Å². The second-order valence-electron chi connectivity index (χ2n) is 4.04. The zero-order chi connectivity index (χ0) is 15.6. The summed E-state index contributed by atoms with van der Waals surface area (Å²) in [6, 6.07) is 4.21. The van der Waals surface area contributed by atoms with Crippen molar-refractivity contribution < 1.29 is 18.0 Å². The quantitative estimate of drug-likeness (QED) is 0.893. The fourth-order valence-electron chi connectivity index (χ4n) is 1.66. The molecule has 0 bridgehead atoms. The van der Waals surface area contributed by atoms with Gasteiger partial charge in [-0.05, 0) is 12.1 Å². The maximum Gasteiger partial charge on any atom is 0.418 e. The van der Waals surface area contributed by atoms with Crippen LogP contribution in [0, 0.1) is 0 Å². The van der Waals surface area contributed by atoms with Crippen molar-refractivity contribution in [3.63, 3.8) is 0 Å². The van der Waals surface area contributed by atoms with E-state index >= 15 is 0 Å². The molecule has 0 spiro atoms. The molecule has 0 unspecified atom stereocenters. The van der Waals surface area contributed by atoms with Crippen LogP contribution in [0.2, 0.25) is 5.02 Å². The fourth-order valence-corrected chi connectivity index (χ4v) is 1.88. The Labute approximate surface area is 121 Å². The number of anilines is 1. The lowest BCUT2D eigenvalue weighted by Crippen LogP contribution is -2.22. The molecular formula is C13H8ClF3N2O2. The highest BCUT2D eigenvalue weighted by atomic mass is 35.5. The van der Waals surface area contributed by atoms with Crippen LogP contribution in [0.4, 0.5) is 18.9 Å². The number of H-pyrrole nitrogens is 1. The van der Waals surface area contributed by atoms with E-state index in [-0.39, 0.29) is 10.6 Å². The normalized spacial score (nSPS) is 11.2. The Balaban J connectivity index is 2.43. The molecule has 0 radical (unpaired) electrons. The van der Waals surface area contributed by atoms with E-state index in [1.807, 2.05) is 5.32 Å². The third-order valence-electron chi connectivity index (χ3n) is 2.63. The van der Waals surface area contributed by atoms with Crippen molar-refractivity contribution in [2.45, 2.75) is 6.18 Å². The zero-order valence-corrected chi connectivity index (χ0v) is 11.0. The summed E-state index contributed by atoms with van der Waals surface area (Å²) in [5.74, 6) is -0.976. The molecule has 2 rings (SSSR count). The molecular weight excluding hydrogens is 309 g/mol. The van der Waals surface area contributed by atoms with Gasteiger partial charge in [0.25, 0.3) is 5.91 Å². The first-order valence-electron chi connectivity index (χ1n) is 5.65. The van der Waals surface area contributed by atoms with Crippen molar-refractivity contribution in [2.75, 3.05) is 5.32 Å². The van der Waals surface area contributed by atoms with Gasteiger partial charge in [0.2, 0.25) is 0 Å². The number of alkyl halides is 3. The average molecular weight is 317 g/mol. The predicted octanol–water partition coefficient (Wildman–Crippen LogP) is 3.30. The molecule has 2 aromatic rings. The van der Waals surface area contributed by atoms with E-state index in [1.54, 1.807) is 0 Å². The molecule has 2 N–H and O–H groups in total. The van der Waals surface area contributed by atoms with Gasteiger partial charge in [0.15, 0.2) is 5.43 Å². The molecule has 1 aromatic heterocycles. The van der Waals surface area contributed by atoms with E-state index in [9.17, 15) is 22.8 Å². The van der Waals surface area contributed by atoms with Crippen LogP contribution in [0.5, 0.6) is 0 Å². The van der Waals surface area contributed by atoms with E-state index in [1.165, 1.54) is 12.3 Å². The monoisotopic (exact) mass is 316 g/mol. The van der Waals surface area contributed by atoms with Crippen LogP contribution in [0.25, 0.3) is 0 Å². The summed E-state index contributed by atoms with van der Waals surface area (Å²) in [4.78, 5) is 25.9. The Morgan fingerprint density at radius 3 is 2.57 bits per heavy atom. The molecule has 4 nitrogen and oxygen atoms in total. The molecule has 110 valence electrons. The Bertz CT molecular complexity index is 741. The summed E-state index contributed by atoms with van der Waals surface area (Å²) in [5, 5.41) is 1.76. The Morgan fingerprint density at radius 2 is 1.95 bits per heavy atom. The standard InChI is InChI=1S/C13H8ClF3N2O2/c14-9-3-1-2-8(13(15,16)17)11(9)19-12(21)7-6-18-5-4-10(7)20/h1-6H,(H,18,20)(H,19,21). The summed E-state index contributed by atoms with van der Waals surface area (Å²) in [6.45, 7) is 0. The van der Waals surface area contributed by atoms with Gasteiger partial charge < -0.3 is 10.3 Å². The maximum absolute atomic E-state index is 12.9. The number of hydrogen-bond acceptors (Lipinski definition) is 2. The third kappa shape index (κ3) is 3.25. The average Bonchev–Trinajstić information content (AvgIpc) is 2.40. The van der Waals surface area contributed by atoms with Crippen LogP contribution in [-0.2, 0) is 6.18 Å². The summed E-state index contributed by atoms with van der Waals surface area (Å²) in [6.07, 6.45) is -2.28. The van der Waals surface area contributed by atoms with Gasteiger partial charge in [0, 0.05) is 18.5 Å². The van der Waals surface area contributed by atoms with Crippen molar-refractivity contribution >= 4 is 23.2 Å². The highest BCUT2D eigenvalue weighted by Gasteiger charge is 2.35. The molecule has 0 saturated carbocycles. The first kappa shape index (κ1) is 15.1. The highest BCUT2D eigenvalue weighted by Crippen LogP contribution is 2.38. The van der Waals surface area contributed by atoms with Gasteiger partial charge in [-0.1, -0.05) is 17.7 Å². The number of halogens is 4. The number of benzene rings is 1. The molecule has 1 amide bonds. The minimum atomic E-state index is -4.68. The Hall–Kier alpha value is -2.28. The van der Waals surface area contributed by atoms with Crippen molar-refractivity contribution in [1.29, 1.82) is 0 Å². The summed E-state index contributed by atoms with van der Waals surface area (Å²) >= 11 is 5.71. The van der Waals surface area contributed by atoms with Crippen LogP contribution in [0.15, 0.2) is 41.5 Å². The molecule has 1 aromatic carbocycles. The largest absolute Gasteiger partial charge is 0.418 e. The molecule has 8 heteroatoms. The zero-order valence-electron chi connectivity index (χ0n) is 10.3. The molecule has 0 saturated heterocycles. The molecule has 0 fully saturated rings. The second-order valence-corrected chi connectivity index (χ2v) is 4.44. The van der Waals surface area contributed by atoms with Crippen LogP contribution >= 0.6 is 11.6 Å². The first-order chi connectivity index (χ1) is 9.80. The maximum atomic E-state index is 12.9. The summed E-state index contributed by atoms with van der Waals surface area (Å²) < 4.78 is 38.6. The molecule has 0 aliphatic carbocycles. The number of aromatic nitrogens is 1. The SMILES string of the molecule is O=C(Nc1c(Cl)cccc1C(F)(F)F)c1c[nH]ccc1=O. The van der Waals surface area contributed by atoms with Gasteiger partial charge in [-0.15, -0.1) is 0 Å².